The molecule has 5 rings (SSSR count). The molecule has 0 spiro atoms. The maximum atomic E-state index is 13.4. The van der Waals surface area contributed by atoms with Crippen molar-refractivity contribution in [1.82, 2.24) is 5.01 Å². The number of carbonyl (C=O) groups excluding carboxylic acids is 1. The first-order chi connectivity index (χ1) is 15.5. The fourth-order valence-electron chi connectivity index (χ4n) is 3.81. The minimum atomic E-state index is -1.16. The topological polar surface area (TPSA) is 106 Å². The number of hydrogen-bond acceptors (Lipinski definition) is 7. The van der Waals surface area contributed by atoms with Crippen LogP contribution in [-0.2, 0) is 5.66 Å². The number of nitro groups is 1. The van der Waals surface area contributed by atoms with Crippen LogP contribution in [0, 0.1) is 10.1 Å². The van der Waals surface area contributed by atoms with Crippen LogP contribution in [0.15, 0.2) is 71.8 Å². The predicted molar refractivity (Wildman–Crippen MR) is 117 cm³/mol. The average Bonchev–Trinajstić information content (AvgIpc) is 3.27. The van der Waals surface area contributed by atoms with Gasteiger partial charge in [-0.25, -0.2) is 0 Å². The summed E-state index contributed by atoms with van der Waals surface area (Å²) in [5.74, 6) is 0.919. The van der Waals surface area contributed by atoms with Crippen molar-refractivity contribution < 1.29 is 19.2 Å². The van der Waals surface area contributed by atoms with Crippen LogP contribution in [0.3, 0.4) is 0 Å². The van der Waals surface area contributed by atoms with Gasteiger partial charge in [-0.2, -0.15) is 10.1 Å². The van der Waals surface area contributed by atoms with E-state index >= 15 is 0 Å². The van der Waals surface area contributed by atoms with E-state index in [1.165, 1.54) is 17.1 Å². The first-order valence-corrected chi connectivity index (χ1v) is 9.86. The molecule has 9 nitrogen and oxygen atoms in total. The van der Waals surface area contributed by atoms with Gasteiger partial charge in [0.15, 0.2) is 17.2 Å². The second-order valence-corrected chi connectivity index (χ2v) is 7.52. The van der Waals surface area contributed by atoms with E-state index in [-0.39, 0.29) is 18.4 Å². The number of non-ortho nitro benzene ring substituents is 1. The lowest BCUT2D eigenvalue weighted by atomic mass is 9.95. The molecule has 0 aliphatic carbocycles. The van der Waals surface area contributed by atoms with E-state index in [0.29, 0.717) is 33.9 Å². The van der Waals surface area contributed by atoms with Crippen LogP contribution < -0.4 is 14.8 Å². The van der Waals surface area contributed by atoms with Crippen molar-refractivity contribution in [2.24, 2.45) is 5.10 Å². The molecule has 0 saturated heterocycles. The number of benzene rings is 3. The largest absolute Gasteiger partial charge is 0.454 e. The normalized spacial score (nSPS) is 19.0. The maximum Gasteiger partial charge on any atom is 0.278 e. The summed E-state index contributed by atoms with van der Waals surface area (Å²) in [6, 6.07) is 18.6. The van der Waals surface area contributed by atoms with Crippen LogP contribution in [0.25, 0.3) is 0 Å². The molecule has 2 heterocycles. The standard InChI is InChI=1S/C23H18N4O5/c1-23(16-5-4-6-17(12-16)27(29)30)25-19-8-3-2-7-18(19)22(28)26(23)24-13-15-9-10-20-21(11-15)32-14-31-20/h2-13,25H,14H2,1H3/b24-13+. The number of nitrogens with one attached hydrogen (secondary N) is 1. The van der Waals surface area contributed by atoms with Gasteiger partial charge in [0.05, 0.1) is 16.7 Å². The van der Waals surface area contributed by atoms with Crippen LogP contribution in [0.1, 0.15) is 28.4 Å². The molecule has 0 radical (unpaired) electrons. The number of nitrogens with zero attached hydrogens (tertiary/aromatic N) is 3. The van der Waals surface area contributed by atoms with Gasteiger partial charge in [-0.15, -0.1) is 0 Å². The van der Waals surface area contributed by atoms with Gasteiger partial charge in [0, 0.05) is 23.4 Å². The first kappa shape index (κ1) is 19.6. The van der Waals surface area contributed by atoms with Gasteiger partial charge < -0.3 is 14.8 Å². The summed E-state index contributed by atoms with van der Waals surface area (Å²) in [5.41, 5.74) is 1.08. The number of fused-ring (bicyclic) bond motifs is 2. The van der Waals surface area contributed by atoms with Crippen molar-refractivity contribution in [3.05, 3.63) is 93.5 Å². The molecule has 0 fully saturated rings. The lowest BCUT2D eigenvalue weighted by Crippen LogP contribution is -2.53. The zero-order valence-electron chi connectivity index (χ0n) is 17.0. The van der Waals surface area contributed by atoms with Crippen LogP contribution >= 0.6 is 0 Å². The van der Waals surface area contributed by atoms with E-state index in [4.69, 9.17) is 9.47 Å². The van der Waals surface area contributed by atoms with Gasteiger partial charge in [0.1, 0.15) is 0 Å². The van der Waals surface area contributed by atoms with Gasteiger partial charge in [0.2, 0.25) is 6.79 Å². The number of hydrogen-bond donors (Lipinski definition) is 1. The van der Waals surface area contributed by atoms with E-state index in [1.54, 1.807) is 61.7 Å². The highest BCUT2D eigenvalue weighted by atomic mass is 16.7. The van der Waals surface area contributed by atoms with Gasteiger partial charge in [0.25, 0.3) is 11.6 Å². The molecule has 32 heavy (non-hydrogen) atoms. The lowest BCUT2D eigenvalue weighted by molar-refractivity contribution is -0.385. The number of para-hydroxylation sites is 1. The van der Waals surface area contributed by atoms with Crippen molar-refractivity contribution in [1.29, 1.82) is 0 Å². The number of ether oxygens (including phenoxy) is 2. The van der Waals surface area contributed by atoms with Crippen LogP contribution in [0.2, 0.25) is 0 Å². The molecule has 0 aromatic heterocycles. The third-order valence-electron chi connectivity index (χ3n) is 5.49. The monoisotopic (exact) mass is 430 g/mol. The SMILES string of the molecule is CC1(c2cccc([N+](=O)[O-])c2)Nc2ccccc2C(=O)N1/N=C/c1ccc2c(c1)OCO2. The number of anilines is 1. The Morgan fingerprint density at radius 1 is 1.09 bits per heavy atom. The Morgan fingerprint density at radius 3 is 2.75 bits per heavy atom. The molecule has 0 bridgehead atoms. The number of carbonyl (C=O) groups is 1. The Hall–Kier alpha value is -4.40. The zero-order chi connectivity index (χ0) is 22.3. The molecule has 1 amide bonds. The van der Waals surface area contributed by atoms with Crippen LogP contribution in [-0.4, -0.2) is 28.8 Å². The second kappa shape index (κ2) is 7.38. The van der Waals surface area contributed by atoms with Crippen molar-refractivity contribution in [2.45, 2.75) is 12.6 Å². The molecule has 2 aliphatic heterocycles. The predicted octanol–water partition coefficient (Wildman–Crippen LogP) is 4.10. The Balaban J connectivity index is 1.59. The van der Waals surface area contributed by atoms with E-state index in [2.05, 4.69) is 10.4 Å². The molecule has 2 aliphatic rings. The summed E-state index contributed by atoms with van der Waals surface area (Å²) in [5, 5.41) is 20.5. The molecule has 3 aromatic carbocycles. The minimum absolute atomic E-state index is 0.0727. The zero-order valence-corrected chi connectivity index (χ0v) is 17.0. The van der Waals surface area contributed by atoms with Crippen molar-refractivity contribution >= 4 is 23.5 Å². The summed E-state index contributed by atoms with van der Waals surface area (Å²) in [7, 11) is 0. The summed E-state index contributed by atoms with van der Waals surface area (Å²) < 4.78 is 10.7. The molecule has 1 N–H and O–H groups in total. The molecular weight excluding hydrogens is 412 g/mol. The third-order valence-corrected chi connectivity index (χ3v) is 5.49. The molecule has 3 aromatic rings. The van der Waals surface area contributed by atoms with Gasteiger partial charge >= 0.3 is 0 Å². The number of rotatable bonds is 4. The molecular formula is C23H18N4O5. The van der Waals surface area contributed by atoms with Crippen LogP contribution in [0.4, 0.5) is 11.4 Å². The highest BCUT2D eigenvalue weighted by Gasteiger charge is 2.43. The van der Waals surface area contributed by atoms with Gasteiger partial charge in [-0.1, -0.05) is 24.3 Å². The summed E-state index contributed by atoms with van der Waals surface area (Å²) in [6.45, 7) is 1.92. The maximum absolute atomic E-state index is 13.4. The Morgan fingerprint density at radius 2 is 1.91 bits per heavy atom. The smallest absolute Gasteiger partial charge is 0.278 e. The van der Waals surface area contributed by atoms with Crippen molar-refractivity contribution in [3.63, 3.8) is 0 Å². The van der Waals surface area contributed by atoms with E-state index < -0.39 is 10.6 Å². The number of amides is 1. The number of hydrazone groups is 1. The third kappa shape index (κ3) is 3.20. The van der Waals surface area contributed by atoms with Crippen molar-refractivity contribution in [3.8, 4) is 11.5 Å². The molecule has 1 unspecified atom stereocenters. The summed E-state index contributed by atoms with van der Waals surface area (Å²) >= 11 is 0. The fourth-order valence-corrected chi connectivity index (χ4v) is 3.81. The summed E-state index contributed by atoms with van der Waals surface area (Å²) in [6.07, 6.45) is 1.55. The average molecular weight is 430 g/mol. The van der Waals surface area contributed by atoms with Crippen LogP contribution in [0.5, 0.6) is 11.5 Å². The highest BCUT2D eigenvalue weighted by Crippen LogP contribution is 2.39. The minimum Gasteiger partial charge on any atom is -0.454 e. The van der Waals surface area contributed by atoms with Gasteiger partial charge in [-0.05, 0) is 42.8 Å². The van der Waals surface area contributed by atoms with E-state index in [0.717, 1.165) is 0 Å². The summed E-state index contributed by atoms with van der Waals surface area (Å²) in [4.78, 5) is 24.3. The number of nitro benzene ring substituents is 1. The van der Waals surface area contributed by atoms with Crippen molar-refractivity contribution in [2.75, 3.05) is 12.1 Å². The lowest BCUT2D eigenvalue weighted by Gasteiger charge is -2.43. The molecule has 9 heteroatoms. The Bertz CT molecular complexity index is 1270. The molecule has 1 atom stereocenters. The Kier molecular flexibility index (Phi) is 4.51. The van der Waals surface area contributed by atoms with E-state index in [9.17, 15) is 14.9 Å². The fraction of sp³-hybridized carbons (Fsp3) is 0.130. The quantitative estimate of drug-likeness (QED) is 0.379. The van der Waals surface area contributed by atoms with Gasteiger partial charge in [-0.3, -0.25) is 14.9 Å². The second-order valence-electron chi connectivity index (χ2n) is 7.52. The molecule has 0 saturated carbocycles. The first-order valence-electron chi connectivity index (χ1n) is 9.86. The highest BCUT2D eigenvalue weighted by molar-refractivity contribution is 6.02. The molecule has 160 valence electrons. The Labute approximate surface area is 183 Å². The van der Waals surface area contributed by atoms with E-state index in [1.807, 2.05) is 6.07 Å².